The Balaban J connectivity index is 1.48. The van der Waals surface area contributed by atoms with Gasteiger partial charge in [-0.15, -0.1) is 0 Å². The molecular formula is C20H30N6O3. The molecule has 158 valence electrons. The molecule has 0 N–H and O–H groups in total. The molecule has 9 heteroatoms. The number of anilines is 1. The van der Waals surface area contributed by atoms with Crippen molar-refractivity contribution < 1.29 is 14.3 Å². The SMILES string of the molecule is CC(=O)N1CCN(C(=O)[C@H]2CN(C)C[C@@H]2c2ccnc(N3CCOCC3)n2)CC1. The first-order chi connectivity index (χ1) is 14.0. The minimum absolute atomic E-state index is 0.0566. The zero-order valence-electron chi connectivity index (χ0n) is 17.3. The zero-order valence-corrected chi connectivity index (χ0v) is 17.3. The standard InChI is InChI=1S/C20H30N6O3/c1-15(27)24-5-7-25(8-6-24)19(28)17-14-23(2)13-16(17)18-3-4-21-20(22-18)26-9-11-29-12-10-26/h3-4,16-17H,5-14H2,1-2H3/t16-,17-/m0/s1. The fourth-order valence-electron chi connectivity index (χ4n) is 4.51. The number of likely N-dealkylation sites (tertiary alicyclic amines) is 1. The molecule has 0 unspecified atom stereocenters. The van der Waals surface area contributed by atoms with E-state index in [0.29, 0.717) is 39.4 Å². The van der Waals surface area contributed by atoms with Gasteiger partial charge in [-0.25, -0.2) is 9.97 Å². The molecule has 4 heterocycles. The van der Waals surface area contributed by atoms with Gasteiger partial charge < -0.3 is 24.3 Å². The molecule has 0 spiro atoms. The summed E-state index contributed by atoms with van der Waals surface area (Å²) in [6.07, 6.45) is 1.80. The van der Waals surface area contributed by atoms with Crippen LogP contribution in [-0.4, -0.2) is 109 Å². The number of piperazine rings is 1. The van der Waals surface area contributed by atoms with Crippen molar-refractivity contribution >= 4 is 17.8 Å². The lowest BCUT2D eigenvalue weighted by molar-refractivity contribution is -0.141. The van der Waals surface area contributed by atoms with Crippen molar-refractivity contribution in [3.63, 3.8) is 0 Å². The average Bonchev–Trinajstić information content (AvgIpc) is 3.16. The van der Waals surface area contributed by atoms with Gasteiger partial charge in [-0.1, -0.05) is 0 Å². The minimum atomic E-state index is -0.115. The molecule has 1 aromatic rings. The third-order valence-electron chi connectivity index (χ3n) is 6.19. The number of morpholine rings is 1. The molecule has 3 aliphatic rings. The topological polar surface area (TPSA) is 82.1 Å². The first-order valence-corrected chi connectivity index (χ1v) is 10.4. The molecule has 2 atom stereocenters. The summed E-state index contributed by atoms with van der Waals surface area (Å²) >= 11 is 0. The molecule has 0 bridgehead atoms. The monoisotopic (exact) mass is 402 g/mol. The van der Waals surface area contributed by atoms with Gasteiger partial charge in [0.1, 0.15) is 0 Å². The lowest BCUT2D eigenvalue weighted by Crippen LogP contribution is -2.52. The Hall–Kier alpha value is -2.26. The molecule has 0 saturated carbocycles. The number of hydrogen-bond donors (Lipinski definition) is 0. The molecule has 29 heavy (non-hydrogen) atoms. The molecule has 3 fully saturated rings. The molecule has 3 aliphatic heterocycles. The van der Waals surface area contributed by atoms with Crippen LogP contribution < -0.4 is 4.90 Å². The van der Waals surface area contributed by atoms with E-state index in [-0.39, 0.29) is 23.7 Å². The highest BCUT2D eigenvalue weighted by Gasteiger charge is 2.40. The van der Waals surface area contributed by atoms with Gasteiger partial charge in [0, 0.05) is 71.4 Å². The van der Waals surface area contributed by atoms with Crippen LogP contribution in [0.3, 0.4) is 0 Å². The summed E-state index contributed by atoms with van der Waals surface area (Å²) in [6.45, 7) is 8.51. The zero-order chi connectivity index (χ0) is 20.4. The van der Waals surface area contributed by atoms with Crippen molar-refractivity contribution in [2.75, 3.05) is 77.5 Å². The molecule has 0 aromatic carbocycles. The van der Waals surface area contributed by atoms with Gasteiger partial charge in [0.2, 0.25) is 17.8 Å². The average molecular weight is 402 g/mol. The third-order valence-corrected chi connectivity index (χ3v) is 6.19. The maximum absolute atomic E-state index is 13.3. The molecular weight excluding hydrogens is 372 g/mol. The van der Waals surface area contributed by atoms with Gasteiger partial charge in [-0.05, 0) is 13.1 Å². The van der Waals surface area contributed by atoms with Crippen LogP contribution in [0.5, 0.6) is 0 Å². The lowest BCUT2D eigenvalue weighted by Gasteiger charge is -2.36. The van der Waals surface area contributed by atoms with Crippen molar-refractivity contribution in [2.45, 2.75) is 12.8 Å². The van der Waals surface area contributed by atoms with E-state index < -0.39 is 0 Å². The Bertz CT molecular complexity index is 745. The predicted molar refractivity (Wildman–Crippen MR) is 108 cm³/mol. The summed E-state index contributed by atoms with van der Waals surface area (Å²) in [5, 5.41) is 0. The maximum Gasteiger partial charge on any atom is 0.227 e. The second-order valence-corrected chi connectivity index (χ2v) is 8.15. The first kappa shape index (κ1) is 20.0. The van der Waals surface area contributed by atoms with Crippen LogP contribution >= 0.6 is 0 Å². The summed E-state index contributed by atoms with van der Waals surface area (Å²) in [4.78, 5) is 42.2. The maximum atomic E-state index is 13.3. The van der Waals surface area contributed by atoms with E-state index >= 15 is 0 Å². The van der Waals surface area contributed by atoms with Crippen LogP contribution in [0, 0.1) is 5.92 Å². The van der Waals surface area contributed by atoms with Gasteiger partial charge >= 0.3 is 0 Å². The number of aromatic nitrogens is 2. The quantitative estimate of drug-likeness (QED) is 0.683. The largest absolute Gasteiger partial charge is 0.378 e. The second kappa shape index (κ2) is 8.62. The Kier molecular flexibility index (Phi) is 5.96. The van der Waals surface area contributed by atoms with Gasteiger partial charge in [-0.3, -0.25) is 9.59 Å². The highest BCUT2D eigenvalue weighted by molar-refractivity contribution is 5.81. The van der Waals surface area contributed by atoms with E-state index in [1.54, 1.807) is 18.0 Å². The highest BCUT2D eigenvalue weighted by Crippen LogP contribution is 2.33. The normalized spacial score (nSPS) is 26.1. The van der Waals surface area contributed by atoms with Crippen LogP contribution in [0.25, 0.3) is 0 Å². The van der Waals surface area contributed by atoms with Crippen molar-refractivity contribution in [1.82, 2.24) is 24.7 Å². The number of carbonyl (C=O) groups is 2. The van der Waals surface area contributed by atoms with E-state index in [0.717, 1.165) is 37.8 Å². The number of carbonyl (C=O) groups excluding carboxylic acids is 2. The summed E-state index contributed by atoms with van der Waals surface area (Å²) in [7, 11) is 2.05. The number of rotatable bonds is 3. The van der Waals surface area contributed by atoms with Gasteiger partial charge in [-0.2, -0.15) is 0 Å². The Morgan fingerprint density at radius 1 is 1.03 bits per heavy atom. The summed E-state index contributed by atoms with van der Waals surface area (Å²) < 4.78 is 5.42. The van der Waals surface area contributed by atoms with E-state index in [1.807, 2.05) is 11.0 Å². The van der Waals surface area contributed by atoms with Crippen molar-refractivity contribution in [2.24, 2.45) is 5.92 Å². The first-order valence-electron chi connectivity index (χ1n) is 10.4. The fraction of sp³-hybridized carbons (Fsp3) is 0.700. The fourth-order valence-corrected chi connectivity index (χ4v) is 4.51. The van der Waals surface area contributed by atoms with E-state index in [9.17, 15) is 9.59 Å². The number of hydrogen-bond acceptors (Lipinski definition) is 7. The van der Waals surface area contributed by atoms with E-state index in [4.69, 9.17) is 9.72 Å². The highest BCUT2D eigenvalue weighted by atomic mass is 16.5. The molecule has 0 aliphatic carbocycles. The second-order valence-electron chi connectivity index (χ2n) is 8.15. The molecule has 9 nitrogen and oxygen atoms in total. The molecule has 1 aromatic heterocycles. The van der Waals surface area contributed by atoms with Crippen LogP contribution in [0.4, 0.5) is 5.95 Å². The smallest absolute Gasteiger partial charge is 0.227 e. The Labute approximate surface area is 171 Å². The van der Waals surface area contributed by atoms with Gasteiger partial charge in [0.15, 0.2) is 0 Å². The van der Waals surface area contributed by atoms with Crippen LogP contribution in [-0.2, 0) is 14.3 Å². The molecule has 3 saturated heterocycles. The summed E-state index contributed by atoms with van der Waals surface area (Å²) in [5.41, 5.74) is 0.937. The van der Waals surface area contributed by atoms with Gasteiger partial charge in [0.25, 0.3) is 0 Å². The van der Waals surface area contributed by atoms with E-state index in [2.05, 4.69) is 21.8 Å². The van der Waals surface area contributed by atoms with E-state index in [1.165, 1.54) is 0 Å². The number of amides is 2. The molecule has 2 amide bonds. The van der Waals surface area contributed by atoms with Crippen molar-refractivity contribution in [3.8, 4) is 0 Å². The van der Waals surface area contributed by atoms with Crippen molar-refractivity contribution in [1.29, 1.82) is 0 Å². The minimum Gasteiger partial charge on any atom is -0.378 e. The van der Waals surface area contributed by atoms with Crippen LogP contribution in [0.1, 0.15) is 18.5 Å². The third kappa shape index (κ3) is 4.35. The number of nitrogens with zero attached hydrogens (tertiary/aromatic N) is 6. The molecule has 0 radical (unpaired) electrons. The van der Waals surface area contributed by atoms with Crippen LogP contribution in [0.15, 0.2) is 12.3 Å². The van der Waals surface area contributed by atoms with Crippen molar-refractivity contribution in [3.05, 3.63) is 18.0 Å². The number of ether oxygens (including phenoxy) is 1. The Morgan fingerprint density at radius 3 is 2.41 bits per heavy atom. The predicted octanol–water partition coefficient (Wildman–Crippen LogP) is -0.351. The van der Waals surface area contributed by atoms with Crippen LogP contribution in [0.2, 0.25) is 0 Å². The lowest BCUT2D eigenvalue weighted by atomic mass is 9.91. The number of likely N-dealkylation sites (N-methyl/N-ethyl adjacent to an activating group) is 1. The Morgan fingerprint density at radius 2 is 1.72 bits per heavy atom. The summed E-state index contributed by atoms with van der Waals surface area (Å²) in [6, 6.07) is 1.95. The molecule has 4 rings (SSSR count). The summed E-state index contributed by atoms with van der Waals surface area (Å²) in [5.74, 6) is 0.917. The van der Waals surface area contributed by atoms with Gasteiger partial charge in [0.05, 0.1) is 24.8 Å².